The number of aromatic hydroxyl groups is 2. The molecule has 1 aromatic carbocycles. The Balaban J connectivity index is 1.48. The highest BCUT2D eigenvalue weighted by molar-refractivity contribution is 9.10. The summed E-state index contributed by atoms with van der Waals surface area (Å²) in [6.07, 6.45) is 0. The van der Waals surface area contributed by atoms with Crippen molar-refractivity contribution in [1.82, 2.24) is 20.5 Å². The van der Waals surface area contributed by atoms with Gasteiger partial charge < -0.3 is 41.6 Å². The quantitative estimate of drug-likeness (QED) is 0.0758. The van der Waals surface area contributed by atoms with E-state index in [0.29, 0.717) is 15.6 Å². The number of hydrogen-bond donors (Lipinski definition) is 7. The zero-order valence-corrected chi connectivity index (χ0v) is 25.2. The number of thioether (sulfide) groups is 1. The summed E-state index contributed by atoms with van der Waals surface area (Å²) in [5.41, 5.74) is 4.34. The largest absolute Gasteiger partial charge is 0.504 e. The number of nitrogens with one attached hydrogen (secondary N) is 2. The van der Waals surface area contributed by atoms with E-state index in [0.717, 1.165) is 16.2 Å². The second kappa shape index (κ2) is 12.2. The summed E-state index contributed by atoms with van der Waals surface area (Å²) in [6, 6.07) is 1.86. The molecule has 0 unspecified atom stereocenters. The molecule has 1 fully saturated rings. The molecule has 18 heteroatoms. The van der Waals surface area contributed by atoms with Gasteiger partial charge in [0.15, 0.2) is 22.3 Å². The van der Waals surface area contributed by atoms with Gasteiger partial charge in [-0.2, -0.15) is 0 Å². The van der Waals surface area contributed by atoms with E-state index in [-0.39, 0.29) is 46.9 Å². The molecule has 1 aromatic heterocycles. The van der Waals surface area contributed by atoms with Gasteiger partial charge >= 0.3 is 11.9 Å². The molecule has 0 spiro atoms. The molecular formula is C24H25BrN6O9S2. The molecule has 2 aromatic rings. The average molecular weight is 686 g/mol. The van der Waals surface area contributed by atoms with Crippen LogP contribution in [0.25, 0.3) is 0 Å². The number of nitrogens with zero attached hydrogens (tertiary/aromatic N) is 3. The third kappa shape index (κ3) is 6.30. The first kappa shape index (κ1) is 31.1. The number of β-lactam (4-membered cyclic amide) rings is 1. The number of nitrogen functional groups attached to an aromatic ring is 1. The van der Waals surface area contributed by atoms with Crippen LogP contribution < -0.4 is 16.4 Å². The highest BCUT2D eigenvalue weighted by atomic mass is 79.9. The summed E-state index contributed by atoms with van der Waals surface area (Å²) in [6.45, 7) is 2.80. The number of carboxylic acids is 2. The molecule has 224 valence electrons. The fourth-order valence-electron chi connectivity index (χ4n) is 3.93. The van der Waals surface area contributed by atoms with Crippen LogP contribution >= 0.6 is 39.0 Å². The summed E-state index contributed by atoms with van der Waals surface area (Å²) < 4.78 is 0.295. The van der Waals surface area contributed by atoms with Crippen molar-refractivity contribution in [1.29, 1.82) is 0 Å². The monoisotopic (exact) mass is 684 g/mol. The Morgan fingerprint density at radius 1 is 1.26 bits per heavy atom. The molecule has 8 N–H and O–H groups in total. The number of phenolic OH excluding ortho intramolecular Hbond substituents is 2. The molecule has 2 amide bonds. The first-order valence-electron chi connectivity index (χ1n) is 12.0. The lowest BCUT2D eigenvalue weighted by molar-refractivity contribution is -0.161. The highest BCUT2D eigenvalue weighted by Crippen LogP contribution is 2.40. The minimum Gasteiger partial charge on any atom is -0.504 e. The first-order chi connectivity index (χ1) is 19.7. The summed E-state index contributed by atoms with van der Waals surface area (Å²) in [4.78, 5) is 60.1. The zero-order valence-electron chi connectivity index (χ0n) is 22.0. The number of aromatic nitrogens is 1. The summed E-state index contributed by atoms with van der Waals surface area (Å²) in [5, 5.41) is 48.8. The number of anilines is 1. The van der Waals surface area contributed by atoms with Crippen LogP contribution in [-0.2, 0) is 30.6 Å². The van der Waals surface area contributed by atoms with E-state index >= 15 is 0 Å². The van der Waals surface area contributed by atoms with Crippen LogP contribution in [0.4, 0.5) is 5.13 Å². The molecule has 42 heavy (non-hydrogen) atoms. The molecule has 2 aliphatic rings. The molecule has 2 aliphatic heterocycles. The number of thiazole rings is 1. The Hall–Kier alpha value is -3.87. The molecule has 1 saturated heterocycles. The summed E-state index contributed by atoms with van der Waals surface area (Å²) >= 11 is 5.40. The Bertz CT molecular complexity index is 1500. The molecule has 0 bridgehead atoms. The van der Waals surface area contributed by atoms with E-state index in [1.165, 1.54) is 37.1 Å². The number of rotatable bonds is 11. The molecule has 2 atom stereocenters. The van der Waals surface area contributed by atoms with E-state index in [1.807, 2.05) is 0 Å². The number of nitrogens with two attached hydrogens (primary N) is 1. The lowest BCUT2D eigenvalue weighted by Gasteiger charge is -2.49. The normalized spacial score (nSPS) is 18.8. The van der Waals surface area contributed by atoms with Crippen molar-refractivity contribution in [3.8, 4) is 11.5 Å². The van der Waals surface area contributed by atoms with Gasteiger partial charge in [0.25, 0.3) is 11.8 Å². The predicted octanol–water partition coefficient (Wildman–Crippen LogP) is 1.01. The van der Waals surface area contributed by atoms with Gasteiger partial charge in [0, 0.05) is 24.2 Å². The lowest BCUT2D eigenvalue weighted by Crippen LogP contribution is -2.71. The number of carbonyl (C=O) groups is 4. The molecule has 0 radical (unpaired) electrons. The Morgan fingerprint density at radius 2 is 1.98 bits per heavy atom. The Morgan fingerprint density at radius 3 is 2.57 bits per heavy atom. The first-order valence-corrected chi connectivity index (χ1v) is 14.8. The number of phenols is 2. The van der Waals surface area contributed by atoms with Gasteiger partial charge in [-0.05, 0) is 53.0 Å². The van der Waals surface area contributed by atoms with Crippen LogP contribution in [0.1, 0.15) is 25.1 Å². The average Bonchev–Trinajstić information content (AvgIpc) is 3.35. The maximum absolute atomic E-state index is 13.2. The third-order valence-electron chi connectivity index (χ3n) is 6.17. The van der Waals surface area contributed by atoms with Crippen molar-refractivity contribution >= 4 is 73.6 Å². The van der Waals surface area contributed by atoms with Gasteiger partial charge in [-0.3, -0.25) is 14.5 Å². The zero-order chi connectivity index (χ0) is 30.9. The van der Waals surface area contributed by atoms with E-state index in [2.05, 4.69) is 36.7 Å². The lowest BCUT2D eigenvalue weighted by atomic mass is 10.0. The third-order valence-corrected chi connectivity index (χ3v) is 8.78. The second-order valence-electron chi connectivity index (χ2n) is 9.58. The van der Waals surface area contributed by atoms with Gasteiger partial charge in [0.05, 0.1) is 4.47 Å². The molecular weight excluding hydrogens is 660 g/mol. The van der Waals surface area contributed by atoms with Gasteiger partial charge in [0.1, 0.15) is 22.8 Å². The fourth-order valence-corrected chi connectivity index (χ4v) is 6.32. The standard InChI is InChI=1S/C24H25BrN6O9S2/c1-24(2,22(38)39)40-30-14(12-8-42-23(26)28-12)18(34)29-15-19(35)31-16(21(36)37)10(7-41-20(15)31)6-27-5-9-3-11(25)17(33)13(32)4-9/h3-4,8,15,20,27,32-33H,5-7H2,1-2H3,(H2,26,28)(H,29,34)(H,36,37)(H,38,39)/b30-14-/t15-,20-/m1/s1. The number of fused-ring (bicyclic) bond motifs is 1. The maximum atomic E-state index is 13.2. The number of benzene rings is 1. The van der Waals surface area contributed by atoms with Gasteiger partial charge in [-0.1, -0.05) is 5.16 Å². The number of hydrogen-bond acceptors (Lipinski definition) is 13. The van der Waals surface area contributed by atoms with Crippen molar-refractivity contribution in [3.63, 3.8) is 0 Å². The second-order valence-corrected chi connectivity index (χ2v) is 12.4. The van der Waals surface area contributed by atoms with Crippen LogP contribution in [-0.4, -0.2) is 89.1 Å². The number of oxime groups is 1. The van der Waals surface area contributed by atoms with Crippen molar-refractivity contribution in [3.05, 3.63) is 44.5 Å². The minimum absolute atomic E-state index is 0.00423. The SMILES string of the molecule is CC(C)(O/N=C(\C(=O)N[C@@H]1C(=O)N2C(C(=O)O)=C(CNCc3cc(O)c(O)c(Br)c3)CS[C@H]12)c1csc(N)n1)C(=O)O. The van der Waals surface area contributed by atoms with Crippen LogP contribution in [0.5, 0.6) is 11.5 Å². The van der Waals surface area contributed by atoms with E-state index in [9.17, 15) is 39.6 Å². The molecule has 3 heterocycles. The van der Waals surface area contributed by atoms with Gasteiger partial charge in [-0.25, -0.2) is 14.6 Å². The maximum Gasteiger partial charge on any atom is 0.352 e. The van der Waals surface area contributed by atoms with Crippen LogP contribution in [0.2, 0.25) is 0 Å². The van der Waals surface area contributed by atoms with Crippen LogP contribution in [0.3, 0.4) is 0 Å². The molecule has 0 aliphatic carbocycles. The van der Waals surface area contributed by atoms with E-state index < -0.39 is 46.5 Å². The topological polar surface area (TPSA) is 237 Å². The van der Waals surface area contributed by atoms with Gasteiger partial charge in [-0.15, -0.1) is 23.1 Å². The van der Waals surface area contributed by atoms with Crippen molar-refractivity contribution in [2.45, 2.75) is 37.4 Å². The highest BCUT2D eigenvalue weighted by Gasteiger charge is 2.54. The van der Waals surface area contributed by atoms with Crippen molar-refractivity contribution < 1.29 is 44.4 Å². The molecule has 0 saturated carbocycles. The number of halogens is 1. The molecule has 4 rings (SSSR count). The van der Waals surface area contributed by atoms with Crippen molar-refractivity contribution in [2.75, 3.05) is 18.0 Å². The van der Waals surface area contributed by atoms with Crippen molar-refractivity contribution in [2.24, 2.45) is 5.16 Å². The minimum atomic E-state index is -1.78. The van der Waals surface area contributed by atoms with Gasteiger partial charge in [0.2, 0.25) is 5.60 Å². The van der Waals surface area contributed by atoms with E-state index in [4.69, 9.17) is 10.6 Å². The number of carboxylic acid groups (broad SMARTS) is 2. The smallest absolute Gasteiger partial charge is 0.352 e. The summed E-state index contributed by atoms with van der Waals surface area (Å²) in [7, 11) is 0. The fraction of sp³-hybridized carbons (Fsp3) is 0.333. The Labute approximate surface area is 254 Å². The molecule has 15 nitrogen and oxygen atoms in total. The Kier molecular flexibility index (Phi) is 9.00. The summed E-state index contributed by atoms with van der Waals surface area (Å²) in [5.74, 6) is -4.58. The number of carbonyl (C=O) groups excluding carboxylic acids is 2. The number of amides is 2. The van der Waals surface area contributed by atoms with E-state index in [1.54, 1.807) is 6.07 Å². The number of aliphatic carboxylic acids is 2. The van der Waals surface area contributed by atoms with Crippen LogP contribution in [0.15, 0.2) is 38.4 Å². The predicted molar refractivity (Wildman–Crippen MR) is 155 cm³/mol. The van der Waals surface area contributed by atoms with Crippen LogP contribution in [0, 0.1) is 0 Å².